The molecule has 0 aliphatic carbocycles. The molecule has 0 aliphatic rings. The van der Waals surface area contributed by atoms with Crippen LogP contribution in [0.4, 0.5) is 8.78 Å². The quantitative estimate of drug-likeness (QED) is 0.902. The summed E-state index contributed by atoms with van der Waals surface area (Å²) in [6.45, 7) is 2.42. The van der Waals surface area contributed by atoms with Gasteiger partial charge in [0.25, 0.3) is 0 Å². The minimum atomic E-state index is -0.518. The third kappa shape index (κ3) is 3.55. The summed E-state index contributed by atoms with van der Waals surface area (Å²) in [6, 6.07) is 10.3. The Morgan fingerprint density at radius 3 is 2.16 bits per heavy atom. The third-order valence-corrected chi connectivity index (χ3v) is 3.78. The molecule has 0 unspecified atom stereocenters. The second-order valence-electron chi connectivity index (χ2n) is 4.33. The van der Waals surface area contributed by atoms with Gasteiger partial charge in [-0.3, -0.25) is 0 Å². The molecular weight excluding hydrogens is 264 g/mol. The Kier molecular flexibility index (Phi) is 4.56. The highest BCUT2D eigenvalue weighted by atomic mass is 32.2. The SMILES string of the molecule is CNCc1cc(F)c(Sc2ccc(C)cc2)c(F)c1. The largest absolute Gasteiger partial charge is 0.316 e. The molecule has 1 N–H and O–H groups in total. The molecule has 0 amide bonds. The first-order chi connectivity index (χ1) is 9.10. The molecule has 2 rings (SSSR count). The molecular formula is C15H15F2NS. The highest BCUT2D eigenvalue weighted by Gasteiger charge is 2.12. The van der Waals surface area contributed by atoms with Crippen molar-refractivity contribution in [2.75, 3.05) is 7.05 Å². The fraction of sp³-hybridized carbons (Fsp3) is 0.200. The van der Waals surface area contributed by atoms with E-state index in [9.17, 15) is 8.78 Å². The number of halogens is 2. The summed E-state index contributed by atoms with van der Waals surface area (Å²) in [7, 11) is 1.74. The van der Waals surface area contributed by atoms with E-state index in [1.807, 2.05) is 31.2 Å². The van der Waals surface area contributed by atoms with Crippen LogP contribution in [0.5, 0.6) is 0 Å². The first-order valence-electron chi connectivity index (χ1n) is 5.97. The van der Waals surface area contributed by atoms with Gasteiger partial charge in [0.15, 0.2) is 0 Å². The van der Waals surface area contributed by atoms with E-state index < -0.39 is 11.6 Å². The second-order valence-corrected chi connectivity index (χ2v) is 5.42. The van der Waals surface area contributed by atoms with Gasteiger partial charge in [-0.25, -0.2) is 8.78 Å². The van der Waals surface area contributed by atoms with Crippen LogP contribution < -0.4 is 5.32 Å². The van der Waals surface area contributed by atoms with Crippen LogP contribution in [0.1, 0.15) is 11.1 Å². The first kappa shape index (κ1) is 14.0. The predicted octanol–water partition coefficient (Wildman–Crippen LogP) is 4.14. The van der Waals surface area contributed by atoms with Crippen molar-refractivity contribution in [2.24, 2.45) is 0 Å². The van der Waals surface area contributed by atoms with Gasteiger partial charge in [0, 0.05) is 11.4 Å². The summed E-state index contributed by atoms with van der Waals surface area (Å²) in [5.41, 5.74) is 1.72. The minimum absolute atomic E-state index is 0.0451. The van der Waals surface area contributed by atoms with Gasteiger partial charge in [-0.05, 0) is 43.8 Å². The fourth-order valence-electron chi connectivity index (χ4n) is 1.74. The van der Waals surface area contributed by atoms with Gasteiger partial charge in [0.05, 0.1) is 4.90 Å². The summed E-state index contributed by atoms with van der Waals surface area (Å²) in [4.78, 5) is 0.869. The van der Waals surface area contributed by atoms with Gasteiger partial charge < -0.3 is 5.32 Å². The zero-order chi connectivity index (χ0) is 13.8. The molecule has 1 nitrogen and oxygen atoms in total. The van der Waals surface area contributed by atoms with Crippen molar-refractivity contribution in [3.8, 4) is 0 Å². The molecule has 0 saturated carbocycles. The van der Waals surface area contributed by atoms with Crippen LogP contribution in [0.25, 0.3) is 0 Å². The zero-order valence-electron chi connectivity index (χ0n) is 10.8. The maximum atomic E-state index is 13.9. The smallest absolute Gasteiger partial charge is 0.140 e. The van der Waals surface area contributed by atoms with E-state index in [0.717, 1.165) is 22.2 Å². The van der Waals surface area contributed by atoms with Crippen LogP contribution in [0, 0.1) is 18.6 Å². The predicted molar refractivity (Wildman–Crippen MR) is 74.4 cm³/mol. The molecule has 0 radical (unpaired) electrons. The number of rotatable bonds is 4. The van der Waals surface area contributed by atoms with Crippen molar-refractivity contribution in [1.29, 1.82) is 0 Å². The topological polar surface area (TPSA) is 12.0 Å². The molecule has 0 saturated heterocycles. The van der Waals surface area contributed by atoms with Crippen LogP contribution in [0.2, 0.25) is 0 Å². The number of hydrogen-bond donors (Lipinski definition) is 1. The molecule has 2 aromatic rings. The van der Waals surface area contributed by atoms with Gasteiger partial charge >= 0.3 is 0 Å². The van der Waals surface area contributed by atoms with Gasteiger partial charge in [-0.2, -0.15) is 0 Å². The van der Waals surface area contributed by atoms with E-state index in [4.69, 9.17) is 0 Å². The average molecular weight is 279 g/mol. The third-order valence-electron chi connectivity index (χ3n) is 2.68. The first-order valence-corrected chi connectivity index (χ1v) is 6.79. The van der Waals surface area contributed by atoms with Gasteiger partial charge in [-0.1, -0.05) is 29.5 Å². The Labute approximate surface area is 116 Å². The van der Waals surface area contributed by atoms with Gasteiger partial charge in [0.2, 0.25) is 0 Å². The lowest BCUT2D eigenvalue weighted by Gasteiger charge is -2.08. The molecule has 19 heavy (non-hydrogen) atoms. The van der Waals surface area contributed by atoms with E-state index in [1.165, 1.54) is 12.1 Å². The maximum absolute atomic E-state index is 13.9. The molecule has 0 heterocycles. The van der Waals surface area contributed by atoms with Crippen molar-refractivity contribution in [3.63, 3.8) is 0 Å². The normalized spacial score (nSPS) is 10.7. The Balaban J connectivity index is 2.27. The Bertz CT molecular complexity index is 544. The lowest BCUT2D eigenvalue weighted by molar-refractivity contribution is 0.536. The number of nitrogens with one attached hydrogen (secondary N) is 1. The molecule has 0 spiro atoms. The summed E-state index contributed by atoms with van der Waals surface area (Å²) >= 11 is 1.11. The lowest BCUT2D eigenvalue weighted by Crippen LogP contribution is -2.06. The highest BCUT2D eigenvalue weighted by Crippen LogP contribution is 2.32. The molecule has 4 heteroatoms. The maximum Gasteiger partial charge on any atom is 0.140 e. The molecule has 0 aromatic heterocycles. The molecule has 0 atom stereocenters. The monoisotopic (exact) mass is 279 g/mol. The van der Waals surface area contributed by atoms with Crippen LogP contribution >= 0.6 is 11.8 Å². The van der Waals surface area contributed by atoms with Crippen molar-refractivity contribution in [2.45, 2.75) is 23.3 Å². The van der Waals surface area contributed by atoms with Crippen molar-refractivity contribution < 1.29 is 8.78 Å². The highest BCUT2D eigenvalue weighted by molar-refractivity contribution is 7.99. The summed E-state index contributed by atoms with van der Waals surface area (Å²) < 4.78 is 27.8. The van der Waals surface area contributed by atoms with Crippen molar-refractivity contribution in [1.82, 2.24) is 5.32 Å². The van der Waals surface area contributed by atoms with Gasteiger partial charge in [-0.15, -0.1) is 0 Å². The zero-order valence-corrected chi connectivity index (χ0v) is 11.7. The minimum Gasteiger partial charge on any atom is -0.316 e. The van der Waals surface area contributed by atoms with Gasteiger partial charge in [0.1, 0.15) is 11.6 Å². The van der Waals surface area contributed by atoms with E-state index in [2.05, 4.69) is 5.32 Å². The Morgan fingerprint density at radius 2 is 1.63 bits per heavy atom. The van der Waals surface area contributed by atoms with Crippen LogP contribution in [-0.2, 0) is 6.54 Å². The molecule has 2 aromatic carbocycles. The number of aryl methyl sites for hydroxylation is 1. The van der Waals surface area contributed by atoms with Crippen LogP contribution in [-0.4, -0.2) is 7.05 Å². The summed E-state index contributed by atoms with van der Waals surface area (Å²) in [5, 5.41) is 2.87. The second kappa shape index (κ2) is 6.17. The Hall–Kier alpha value is -1.39. The van der Waals surface area contributed by atoms with E-state index in [1.54, 1.807) is 7.05 Å². The summed E-state index contributed by atoms with van der Waals surface area (Å²) in [5.74, 6) is -1.04. The molecule has 0 aliphatic heterocycles. The molecule has 100 valence electrons. The van der Waals surface area contributed by atoms with E-state index >= 15 is 0 Å². The summed E-state index contributed by atoms with van der Waals surface area (Å²) in [6.07, 6.45) is 0. The van der Waals surface area contributed by atoms with Crippen molar-refractivity contribution in [3.05, 3.63) is 59.2 Å². The lowest BCUT2D eigenvalue weighted by atomic mass is 10.2. The number of hydrogen-bond acceptors (Lipinski definition) is 2. The fourth-order valence-corrected chi connectivity index (χ4v) is 2.56. The number of benzene rings is 2. The average Bonchev–Trinajstić information content (AvgIpc) is 2.36. The standard InChI is InChI=1S/C15H15F2NS/c1-10-3-5-12(6-4-10)19-15-13(16)7-11(9-18-2)8-14(15)17/h3-8,18H,9H2,1-2H3. The van der Waals surface area contributed by atoms with E-state index in [0.29, 0.717) is 12.1 Å². The molecule has 0 fully saturated rings. The van der Waals surface area contributed by atoms with Crippen molar-refractivity contribution >= 4 is 11.8 Å². The van der Waals surface area contributed by atoms with Crippen LogP contribution in [0.15, 0.2) is 46.2 Å². The van der Waals surface area contributed by atoms with E-state index in [-0.39, 0.29) is 4.90 Å². The van der Waals surface area contributed by atoms with Crippen LogP contribution in [0.3, 0.4) is 0 Å². The molecule has 0 bridgehead atoms. The Morgan fingerprint density at radius 1 is 1.05 bits per heavy atom.